The fourth-order valence-electron chi connectivity index (χ4n) is 2.30. The van der Waals surface area contributed by atoms with Crippen molar-refractivity contribution in [1.82, 2.24) is 15.2 Å². The maximum atomic E-state index is 10.5. The van der Waals surface area contributed by atoms with Crippen molar-refractivity contribution in [2.75, 3.05) is 20.6 Å². The number of fused-ring (bicyclic) bond motifs is 1. The molecule has 2 amide bonds. The lowest BCUT2D eigenvalue weighted by atomic mass is 9.74. The van der Waals surface area contributed by atoms with Gasteiger partial charge in [-0.05, 0) is 26.7 Å². The molecule has 1 unspecified atom stereocenters. The van der Waals surface area contributed by atoms with Crippen LogP contribution < -0.4 is 11.3 Å². The summed E-state index contributed by atoms with van der Waals surface area (Å²) in [6.07, 6.45) is 2.90. The predicted octanol–water partition coefficient (Wildman–Crippen LogP) is -0.692. The lowest BCUT2D eigenvalue weighted by Gasteiger charge is -2.62. The molecule has 0 aromatic rings. The minimum absolute atomic E-state index is 0.572. The Morgan fingerprint density at radius 3 is 2.06 bits per heavy atom. The molecule has 6 heteroatoms. The fourth-order valence-corrected chi connectivity index (χ4v) is 2.30. The van der Waals surface area contributed by atoms with Gasteiger partial charge >= 0.3 is 11.8 Å². The van der Waals surface area contributed by atoms with Gasteiger partial charge in [0, 0.05) is 32.2 Å². The Morgan fingerprint density at radius 1 is 1.41 bits per heavy atom. The summed E-state index contributed by atoms with van der Waals surface area (Å²) in [6.45, 7) is 6.03. The average Bonchev–Trinajstić information content (AvgIpc) is 2.23. The molecule has 0 aromatic carbocycles. The Balaban J connectivity index is 0.000000170. The third-order valence-electron chi connectivity index (χ3n) is 3.39. The molecule has 2 fully saturated rings. The number of carbonyl (C=O) groups excluding carboxylic acids is 2. The number of amides is 2. The maximum Gasteiger partial charge on any atom is 0.323 e. The van der Waals surface area contributed by atoms with E-state index in [0.717, 1.165) is 10.9 Å². The highest BCUT2D eigenvalue weighted by atomic mass is 16.2. The Kier molecular flexibility index (Phi) is 4.11. The van der Waals surface area contributed by atoms with Gasteiger partial charge in [-0.1, -0.05) is 0 Å². The maximum absolute atomic E-state index is 10.5. The zero-order chi connectivity index (χ0) is 13.2. The molecule has 3 N–H and O–H groups in total. The minimum Gasteiger partial charge on any atom is -0.341 e. The van der Waals surface area contributed by atoms with Crippen LogP contribution in [0.4, 0.5) is 0 Å². The lowest BCUT2D eigenvalue weighted by Crippen LogP contribution is -2.69. The lowest BCUT2D eigenvalue weighted by molar-refractivity contribution is -0.144. The molecule has 2 rings (SSSR count). The molecule has 0 saturated carbocycles. The highest BCUT2D eigenvalue weighted by molar-refractivity contribution is 6.34. The molecule has 2 aliphatic heterocycles. The summed E-state index contributed by atoms with van der Waals surface area (Å²) in [6, 6.07) is 0.991. The van der Waals surface area contributed by atoms with Crippen LogP contribution in [0, 0.1) is 0 Å². The van der Waals surface area contributed by atoms with Crippen molar-refractivity contribution in [1.29, 1.82) is 0 Å². The summed E-state index contributed by atoms with van der Waals surface area (Å²) in [7, 11) is 2.94. The monoisotopic (exact) mass is 242 g/mol. The summed E-state index contributed by atoms with van der Waals surface area (Å²) in [5.74, 6) is 3.20. The van der Waals surface area contributed by atoms with Crippen molar-refractivity contribution in [2.45, 2.75) is 38.3 Å². The van der Waals surface area contributed by atoms with E-state index in [4.69, 9.17) is 0 Å². The van der Waals surface area contributed by atoms with Crippen LogP contribution in [0.3, 0.4) is 0 Å². The molecular weight excluding hydrogens is 220 g/mol. The highest BCUT2D eigenvalue weighted by Crippen LogP contribution is 2.43. The minimum atomic E-state index is -0.806. The molecule has 1 atom stereocenters. The van der Waals surface area contributed by atoms with Gasteiger partial charge in [-0.2, -0.15) is 0 Å². The molecule has 2 saturated heterocycles. The van der Waals surface area contributed by atoms with Gasteiger partial charge in [0.15, 0.2) is 0 Å². The first kappa shape index (κ1) is 13.9. The van der Waals surface area contributed by atoms with E-state index >= 15 is 0 Å². The van der Waals surface area contributed by atoms with Crippen LogP contribution >= 0.6 is 0 Å². The third kappa shape index (κ3) is 2.95. The molecule has 98 valence electrons. The molecule has 2 heterocycles. The highest BCUT2D eigenvalue weighted by Gasteiger charge is 2.49. The normalized spacial score (nSPS) is 24.2. The summed E-state index contributed by atoms with van der Waals surface area (Å²) in [5.41, 5.74) is 2.29. The molecule has 0 spiro atoms. The standard InChI is InChI=1S/C7H13N.C4H9N3O2/c1-7(2)5-6-3-4-8(6)7;1-7(2)4(9)3(8)6-5/h6H,3-5H2,1-2H3;5H2,1-2H3,(H,6,8). The van der Waals surface area contributed by atoms with Crippen LogP contribution in [-0.4, -0.2) is 53.8 Å². The van der Waals surface area contributed by atoms with E-state index in [1.807, 2.05) is 0 Å². The van der Waals surface area contributed by atoms with E-state index in [1.165, 1.54) is 33.5 Å². The molecule has 0 aliphatic carbocycles. The summed E-state index contributed by atoms with van der Waals surface area (Å²) in [5, 5.41) is 0. The van der Waals surface area contributed by atoms with Crippen molar-refractivity contribution in [3.05, 3.63) is 0 Å². The van der Waals surface area contributed by atoms with Crippen molar-refractivity contribution >= 4 is 11.8 Å². The number of piperidine rings is 1. The van der Waals surface area contributed by atoms with E-state index in [1.54, 1.807) is 5.43 Å². The van der Waals surface area contributed by atoms with E-state index in [-0.39, 0.29) is 0 Å². The van der Waals surface area contributed by atoms with E-state index in [2.05, 4.69) is 24.6 Å². The average molecular weight is 242 g/mol. The SMILES string of the molecule is CC1(C)CC2CCN21.CN(C)C(=O)C(=O)NN. The predicted molar refractivity (Wildman–Crippen MR) is 64.8 cm³/mol. The number of hydrogen-bond acceptors (Lipinski definition) is 4. The van der Waals surface area contributed by atoms with Crippen LogP contribution in [0.1, 0.15) is 26.7 Å². The summed E-state index contributed by atoms with van der Waals surface area (Å²) < 4.78 is 0. The zero-order valence-corrected chi connectivity index (χ0v) is 11.0. The molecule has 2 aliphatic rings. The van der Waals surface area contributed by atoms with Crippen LogP contribution in [0.15, 0.2) is 0 Å². The van der Waals surface area contributed by atoms with E-state index < -0.39 is 11.8 Å². The van der Waals surface area contributed by atoms with Crippen LogP contribution in [0.2, 0.25) is 0 Å². The second kappa shape index (κ2) is 5.01. The van der Waals surface area contributed by atoms with Crippen LogP contribution in [0.25, 0.3) is 0 Å². The van der Waals surface area contributed by atoms with E-state index in [0.29, 0.717) is 5.54 Å². The molecule has 0 aromatic heterocycles. The van der Waals surface area contributed by atoms with Gasteiger partial charge in [-0.3, -0.25) is 19.9 Å². The van der Waals surface area contributed by atoms with Gasteiger partial charge in [-0.25, -0.2) is 5.84 Å². The largest absolute Gasteiger partial charge is 0.341 e. The molecule has 17 heavy (non-hydrogen) atoms. The smallest absolute Gasteiger partial charge is 0.323 e. The second-order valence-corrected chi connectivity index (χ2v) is 5.33. The van der Waals surface area contributed by atoms with Gasteiger partial charge in [0.05, 0.1) is 0 Å². The van der Waals surface area contributed by atoms with E-state index in [9.17, 15) is 9.59 Å². The van der Waals surface area contributed by atoms with Crippen LogP contribution in [-0.2, 0) is 9.59 Å². The number of nitrogens with one attached hydrogen (secondary N) is 1. The van der Waals surface area contributed by atoms with Gasteiger partial charge in [0.1, 0.15) is 0 Å². The quantitative estimate of drug-likeness (QED) is 0.255. The number of likely N-dealkylation sites (N-methyl/N-ethyl adjacent to an activating group) is 1. The number of rotatable bonds is 0. The Morgan fingerprint density at radius 2 is 2.00 bits per heavy atom. The number of nitrogens with zero attached hydrogens (tertiary/aromatic N) is 2. The number of carbonyl (C=O) groups is 2. The fraction of sp³-hybridized carbons (Fsp3) is 0.818. The topological polar surface area (TPSA) is 78.7 Å². The third-order valence-corrected chi connectivity index (χ3v) is 3.39. The van der Waals surface area contributed by atoms with Crippen molar-refractivity contribution in [2.24, 2.45) is 5.84 Å². The molecular formula is C11H22N4O2. The first-order chi connectivity index (χ1) is 7.79. The van der Waals surface area contributed by atoms with Crippen molar-refractivity contribution in [3.8, 4) is 0 Å². The summed E-state index contributed by atoms with van der Waals surface area (Å²) >= 11 is 0. The van der Waals surface area contributed by atoms with Crippen LogP contribution in [0.5, 0.6) is 0 Å². The number of hydrogen-bond donors (Lipinski definition) is 2. The Hall–Kier alpha value is -1.14. The van der Waals surface area contributed by atoms with Gasteiger partial charge in [-0.15, -0.1) is 0 Å². The second-order valence-electron chi connectivity index (χ2n) is 5.33. The molecule has 0 radical (unpaired) electrons. The summed E-state index contributed by atoms with van der Waals surface area (Å²) in [4.78, 5) is 24.6. The first-order valence-corrected chi connectivity index (χ1v) is 5.78. The number of hydrazine groups is 1. The number of nitrogens with two attached hydrogens (primary N) is 1. The van der Waals surface area contributed by atoms with Gasteiger partial charge < -0.3 is 4.90 Å². The molecule has 6 nitrogen and oxygen atoms in total. The molecule has 0 bridgehead atoms. The van der Waals surface area contributed by atoms with Crippen molar-refractivity contribution < 1.29 is 9.59 Å². The first-order valence-electron chi connectivity index (χ1n) is 5.78. The van der Waals surface area contributed by atoms with Gasteiger partial charge in [0.2, 0.25) is 0 Å². The Bertz CT molecular complexity index is 315. The van der Waals surface area contributed by atoms with Crippen molar-refractivity contribution in [3.63, 3.8) is 0 Å². The Labute approximate surface area is 102 Å². The van der Waals surface area contributed by atoms with Gasteiger partial charge in [0.25, 0.3) is 0 Å². The zero-order valence-electron chi connectivity index (χ0n) is 11.0.